The molecule has 16 nitrogen and oxygen atoms in total. The maximum absolute atomic E-state index is 12.8. The first kappa shape index (κ1) is 30.4. The fourth-order valence-corrected chi connectivity index (χ4v) is 4.24. The third kappa shape index (κ3) is 9.17. The molecular weight excluding hydrogens is 508 g/mol. The number of sulfonamides is 1. The Morgan fingerprint density at radius 3 is 2.03 bits per heavy atom. The lowest BCUT2D eigenvalue weighted by Gasteiger charge is -2.23. The van der Waals surface area contributed by atoms with E-state index in [9.17, 15) is 42.8 Å². The molecule has 0 bridgehead atoms. The number of nitrogens with zero attached hydrogens (tertiary/aromatic N) is 1. The van der Waals surface area contributed by atoms with E-state index in [0.717, 1.165) is 26.4 Å². The number of nitro benzene ring substituents is 1. The Morgan fingerprint density at radius 1 is 0.972 bits per heavy atom. The number of aliphatic carboxylic acids is 2. The van der Waals surface area contributed by atoms with Gasteiger partial charge in [-0.05, 0) is 12.5 Å². The highest BCUT2D eigenvalue weighted by molar-refractivity contribution is 7.89. The molecule has 200 valence electrons. The van der Waals surface area contributed by atoms with Gasteiger partial charge < -0.3 is 30.3 Å². The lowest BCUT2D eigenvalue weighted by Crippen LogP contribution is -2.55. The first-order chi connectivity index (χ1) is 16.8. The Kier molecular flexibility index (Phi) is 11.8. The van der Waals surface area contributed by atoms with Crippen LogP contribution in [0.25, 0.3) is 0 Å². The van der Waals surface area contributed by atoms with Crippen molar-refractivity contribution >= 4 is 39.6 Å². The third-order valence-electron chi connectivity index (χ3n) is 4.70. The van der Waals surface area contributed by atoms with E-state index in [-0.39, 0.29) is 6.42 Å². The van der Waals surface area contributed by atoms with Crippen LogP contribution in [0.1, 0.15) is 12.8 Å². The first-order valence-corrected chi connectivity index (χ1v) is 11.6. The fourth-order valence-electron chi connectivity index (χ4n) is 2.88. The van der Waals surface area contributed by atoms with Crippen molar-refractivity contribution in [3.63, 3.8) is 0 Å². The zero-order chi connectivity index (χ0) is 27.5. The number of methoxy groups -OCH3 is 2. The zero-order valence-corrected chi connectivity index (χ0v) is 20.0. The topological polar surface area (TPSA) is 241 Å². The summed E-state index contributed by atoms with van der Waals surface area (Å²) in [5.74, 6) is -4.59. The van der Waals surface area contributed by atoms with E-state index in [2.05, 4.69) is 20.1 Å². The second-order valence-electron chi connectivity index (χ2n) is 7.14. The highest BCUT2D eigenvalue weighted by atomic mass is 32.2. The van der Waals surface area contributed by atoms with Crippen LogP contribution in [0.4, 0.5) is 5.69 Å². The van der Waals surface area contributed by atoms with Crippen LogP contribution < -0.4 is 15.4 Å². The summed E-state index contributed by atoms with van der Waals surface area (Å²) in [6, 6.07) is 0.136. The SMILES string of the molecule is COC(=O)C(CNC(CCC(=O)O)C(=O)O)NCC(NS(=O)(=O)c1ccccc1[N+](=O)[O-])C(=O)OC. The number of carboxylic acids is 2. The van der Waals surface area contributed by atoms with E-state index < -0.39 is 87.0 Å². The predicted molar refractivity (Wildman–Crippen MR) is 119 cm³/mol. The summed E-state index contributed by atoms with van der Waals surface area (Å²) in [5.41, 5.74) is -0.737. The molecule has 0 saturated carbocycles. The number of ether oxygens (including phenoxy) is 2. The average Bonchev–Trinajstić information content (AvgIpc) is 2.83. The number of carbonyl (C=O) groups excluding carboxylic acids is 2. The molecule has 0 aromatic heterocycles. The molecule has 0 saturated heterocycles. The molecule has 0 heterocycles. The lowest BCUT2D eigenvalue weighted by atomic mass is 10.1. The number of esters is 2. The van der Waals surface area contributed by atoms with Gasteiger partial charge in [-0.25, -0.2) is 8.42 Å². The minimum atomic E-state index is -4.61. The molecule has 0 aliphatic rings. The summed E-state index contributed by atoms with van der Waals surface area (Å²) in [6.07, 6.45) is -0.753. The summed E-state index contributed by atoms with van der Waals surface area (Å²) < 4.78 is 36.7. The van der Waals surface area contributed by atoms with E-state index in [4.69, 9.17) is 5.11 Å². The summed E-state index contributed by atoms with van der Waals surface area (Å²) in [7, 11) is -2.62. The van der Waals surface area contributed by atoms with Crippen LogP contribution in [0.3, 0.4) is 0 Å². The summed E-state index contributed by atoms with van der Waals surface area (Å²) in [6.45, 7) is -0.963. The molecule has 36 heavy (non-hydrogen) atoms. The van der Waals surface area contributed by atoms with Crippen LogP contribution in [0.5, 0.6) is 0 Å². The molecule has 1 aromatic rings. The lowest BCUT2D eigenvalue weighted by molar-refractivity contribution is -0.387. The number of hydrogen-bond donors (Lipinski definition) is 5. The number of nitrogens with one attached hydrogen (secondary N) is 3. The first-order valence-electron chi connectivity index (χ1n) is 10.2. The van der Waals surface area contributed by atoms with Crippen LogP contribution in [0.2, 0.25) is 0 Å². The molecular formula is C19H26N4O12S. The van der Waals surface area contributed by atoms with Crippen molar-refractivity contribution in [1.29, 1.82) is 0 Å². The number of rotatable bonds is 16. The number of para-hydroxylation sites is 1. The molecule has 1 rings (SSSR count). The maximum Gasteiger partial charge on any atom is 0.325 e. The van der Waals surface area contributed by atoms with Crippen molar-refractivity contribution in [2.45, 2.75) is 35.9 Å². The van der Waals surface area contributed by atoms with E-state index in [1.54, 1.807) is 0 Å². The molecule has 5 N–H and O–H groups in total. The number of nitro groups is 1. The van der Waals surface area contributed by atoms with E-state index >= 15 is 0 Å². The Hall–Kier alpha value is -3.67. The smallest absolute Gasteiger partial charge is 0.325 e. The van der Waals surface area contributed by atoms with E-state index in [0.29, 0.717) is 0 Å². The standard InChI is InChI=1S/C19H26N4O12S/c1-34-18(28)12(9-20-11(17(26)27)7-8-16(24)25)21-10-13(19(29)35-2)22-36(32,33)15-6-4-3-5-14(15)23(30)31/h3-6,11-13,20-22H,7-10H2,1-2H3,(H,24,25)(H,26,27). The zero-order valence-electron chi connectivity index (χ0n) is 19.2. The minimum Gasteiger partial charge on any atom is -0.481 e. The van der Waals surface area contributed by atoms with E-state index in [1.165, 1.54) is 12.1 Å². The van der Waals surface area contributed by atoms with Crippen LogP contribution >= 0.6 is 0 Å². The Balaban J connectivity index is 3.05. The molecule has 0 aliphatic carbocycles. The Bertz CT molecular complexity index is 1080. The second kappa shape index (κ2) is 14.0. The summed E-state index contributed by atoms with van der Waals surface area (Å²) >= 11 is 0. The quantitative estimate of drug-likeness (QED) is 0.0916. The number of carboxylic acid groups (broad SMARTS) is 2. The van der Waals surface area contributed by atoms with Crippen molar-refractivity contribution < 1.29 is 52.2 Å². The van der Waals surface area contributed by atoms with Gasteiger partial charge in [0.05, 0.1) is 19.1 Å². The number of carbonyl (C=O) groups is 4. The van der Waals surface area contributed by atoms with Crippen molar-refractivity contribution in [2.24, 2.45) is 0 Å². The number of hydrogen-bond acceptors (Lipinski definition) is 12. The molecule has 17 heteroatoms. The predicted octanol–water partition coefficient (Wildman–Crippen LogP) is -1.55. The van der Waals surface area contributed by atoms with E-state index in [1.807, 2.05) is 4.72 Å². The Labute approximate surface area is 205 Å². The van der Waals surface area contributed by atoms with Crippen LogP contribution in [0, 0.1) is 10.1 Å². The highest BCUT2D eigenvalue weighted by Gasteiger charge is 2.32. The van der Waals surface area contributed by atoms with Crippen LogP contribution in [0.15, 0.2) is 29.2 Å². The van der Waals surface area contributed by atoms with Gasteiger partial charge in [0.2, 0.25) is 10.0 Å². The highest BCUT2D eigenvalue weighted by Crippen LogP contribution is 2.23. The van der Waals surface area contributed by atoms with Gasteiger partial charge in [0.15, 0.2) is 4.90 Å². The van der Waals surface area contributed by atoms with Crippen LogP contribution in [-0.2, 0) is 38.7 Å². The molecule has 3 atom stereocenters. The molecule has 1 aromatic carbocycles. The van der Waals surface area contributed by atoms with Gasteiger partial charge in [-0.15, -0.1) is 0 Å². The second-order valence-corrected chi connectivity index (χ2v) is 8.82. The largest absolute Gasteiger partial charge is 0.481 e. The summed E-state index contributed by atoms with van der Waals surface area (Å²) in [4.78, 5) is 56.0. The van der Waals surface area contributed by atoms with Crippen molar-refractivity contribution in [1.82, 2.24) is 15.4 Å². The number of benzene rings is 1. The summed E-state index contributed by atoms with van der Waals surface area (Å²) in [5, 5.41) is 34.2. The monoisotopic (exact) mass is 534 g/mol. The molecule has 0 aliphatic heterocycles. The fraction of sp³-hybridized carbons (Fsp3) is 0.474. The van der Waals surface area contributed by atoms with Crippen LogP contribution in [-0.4, -0.2) is 92.9 Å². The average molecular weight is 535 g/mol. The van der Waals surface area contributed by atoms with Crippen molar-refractivity contribution in [2.75, 3.05) is 27.3 Å². The van der Waals surface area contributed by atoms with Gasteiger partial charge in [0, 0.05) is 25.6 Å². The minimum absolute atomic E-state index is 0.293. The third-order valence-corrected chi connectivity index (χ3v) is 6.22. The van der Waals surface area contributed by atoms with Gasteiger partial charge in [0.1, 0.15) is 18.1 Å². The van der Waals surface area contributed by atoms with Crippen molar-refractivity contribution in [3.8, 4) is 0 Å². The van der Waals surface area contributed by atoms with Gasteiger partial charge in [-0.3, -0.25) is 29.3 Å². The van der Waals surface area contributed by atoms with Gasteiger partial charge in [0.25, 0.3) is 5.69 Å². The van der Waals surface area contributed by atoms with Gasteiger partial charge in [-0.2, -0.15) is 4.72 Å². The molecule has 3 unspecified atom stereocenters. The Morgan fingerprint density at radius 2 is 1.50 bits per heavy atom. The molecule has 0 radical (unpaired) electrons. The normalized spacial score (nSPS) is 13.7. The van der Waals surface area contributed by atoms with Crippen molar-refractivity contribution in [3.05, 3.63) is 34.4 Å². The molecule has 0 fully saturated rings. The maximum atomic E-state index is 12.8. The molecule has 0 amide bonds. The van der Waals surface area contributed by atoms with Gasteiger partial charge >= 0.3 is 23.9 Å². The van der Waals surface area contributed by atoms with Gasteiger partial charge in [-0.1, -0.05) is 12.1 Å². The molecule has 0 spiro atoms.